The lowest BCUT2D eigenvalue weighted by atomic mass is 10.1. The average Bonchev–Trinajstić information content (AvgIpc) is 3.61. The fourth-order valence-electron chi connectivity index (χ4n) is 5.13. The van der Waals surface area contributed by atoms with Crippen LogP contribution >= 0.6 is 11.3 Å². The minimum atomic E-state index is -0.480. The number of rotatable bonds is 9. The second-order valence-corrected chi connectivity index (χ2v) is 12.3. The number of amides is 1. The maximum Gasteiger partial charge on any atom is 0.410 e. The largest absolute Gasteiger partial charge is 0.492 e. The molecular weight excluding hydrogens is 524 g/mol. The Morgan fingerprint density at radius 2 is 1.82 bits per heavy atom. The van der Waals surface area contributed by atoms with Crippen molar-refractivity contribution in [3.05, 3.63) is 53.7 Å². The molecule has 0 radical (unpaired) electrons. The van der Waals surface area contributed by atoms with Crippen LogP contribution in [0.3, 0.4) is 0 Å². The number of thiophene rings is 1. The van der Waals surface area contributed by atoms with Gasteiger partial charge in [-0.15, -0.1) is 11.3 Å². The van der Waals surface area contributed by atoms with Gasteiger partial charge >= 0.3 is 6.09 Å². The maximum atomic E-state index is 12.3. The second kappa shape index (κ2) is 12.0. The van der Waals surface area contributed by atoms with Gasteiger partial charge in [-0.25, -0.2) is 9.78 Å². The van der Waals surface area contributed by atoms with E-state index in [9.17, 15) is 4.79 Å². The molecule has 40 heavy (non-hydrogen) atoms. The van der Waals surface area contributed by atoms with Gasteiger partial charge in [0.1, 0.15) is 29.8 Å². The normalized spacial score (nSPS) is 14.6. The number of carbonyl (C=O) groups is 1. The highest BCUT2D eigenvalue weighted by atomic mass is 32.1. The Bertz CT molecular complexity index is 1420. The van der Waals surface area contributed by atoms with Crippen molar-refractivity contribution in [3.8, 4) is 23.0 Å². The summed E-state index contributed by atoms with van der Waals surface area (Å²) in [6.07, 6.45) is 5.44. The van der Waals surface area contributed by atoms with Crippen LogP contribution in [0.25, 0.3) is 21.7 Å². The van der Waals surface area contributed by atoms with Crippen LogP contribution in [0, 0.1) is 0 Å². The number of imidazole rings is 1. The van der Waals surface area contributed by atoms with E-state index < -0.39 is 5.60 Å². The van der Waals surface area contributed by atoms with Gasteiger partial charge in [0, 0.05) is 44.9 Å². The first kappa shape index (κ1) is 28.1. The van der Waals surface area contributed by atoms with Gasteiger partial charge in [0.15, 0.2) is 5.82 Å². The summed E-state index contributed by atoms with van der Waals surface area (Å²) < 4.78 is 23.6. The molecule has 1 aromatic carbocycles. The Labute approximate surface area is 240 Å². The van der Waals surface area contributed by atoms with Gasteiger partial charge in [-0.05, 0) is 69.0 Å². The number of carbonyl (C=O) groups excluding carboxylic acids is 1. The van der Waals surface area contributed by atoms with Crippen LogP contribution < -0.4 is 9.47 Å². The van der Waals surface area contributed by atoms with Crippen LogP contribution in [-0.4, -0.2) is 56.5 Å². The zero-order valence-corrected chi connectivity index (χ0v) is 25.0. The number of nitrogens with zero attached hydrogens (tertiary/aromatic N) is 4. The summed E-state index contributed by atoms with van der Waals surface area (Å²) in [5.41, 5.74) is 3.11. The van der Waals surface area contributed by atoms with Crippen LogP contribution in [0.1, 0.15) is 52.7 Å². The van der Waals surface area contributed by atoms with Crippen molar-refractivity contribution in [1.82, 2.24) is 19.0 Å². The van der Waals surface area contributed by atoms with Gasteiger partial charge in [-0.3, -0.25) is 0 Å². The lowest BCUT2D eigenvalue weighted by Gasteiger charge is -2.33. The molecule has 0 saturated carbocycles. The molecule has 5 rings (SSSR count). The first-order valence-corrected chi connectivity index (χ1v) is 15.0. The van der Waals surface area contributed by atoms with E-state index in [0.29, 0.717) is 19.7 Å². The molecule has 1 saturated heterocycles. The number of piperidine rings is 1. The first-order chi connectivity index (χ1) is 19.2. The summed E-state index contributed by atoms with van der Waals surface area (Å²) >= 11 is 1.76. The fraction of sp³-hybridized carbons (Fsp3) is 0.484. The fourth-order valence-corrected chi connectivity index (χ4v) is 5.98. The Hall–Kier alpha value is -3.46. The van der Waals surface area contributed by atoms with Crippen molar-refractivity contribution in [3.63, 3.8) is 0 Å². The summed E-state index contributed by atoms with van der Waals surface area (Å²) in [6, 6.07) is 12.2. The zero-order chi connectivity index (χ0) is 28.3. The van der Waals surface area contributed by atoms with E-state index in [1.807, 2.05) is 51.2 Å². The number of hydrogen-bond acceptors (Lipinski definition) is 6. The van der Waals surface area contributed by atoms with Gasteiger partial charge in [0.05, 0.1) is 22.5 Å². The van der Waals surface area contributed by atoms with E-state index in [4.69, 9.17) is 19.2 Å². The monoisotopic (exact) mass is 564 g/mol. The van der Waals surface area contributed by atoms with E-state index in [2.05, 4.69) is 40.6 Å². The number of fused-ring (bicyclic) bond motifs is 1. The van der Waals surface area contributed by atoms with E-state index in [0.717, 1.165) is 55.2 Å². The van der Waals surface area contributed by atoms with E-state index in [1.165, 1.54) is 15.9 Å². The van der Waals surface area contributed by atoms with Gasteiger partial charge in [0.25, 0.3) is 0 Å². The van der Waals surface area contributed by atoms with Crippen molar-refractivity contribution < 1.29 is 19.0 Å². The highest BCUT2D eigenvalue weighted by Gasteiger charge is 2.27. The van der Waals surface area contributed by atoms with Crippen LogP contribution in [0.5, 0.6) is 11.5 Å². The van der Waals surface area contributed by atoms with Crippen LogP contribution in [0.15, 0.2) is 48.0 Å². The molecule has 1 aliphatic heterocycles. The number of hydrogen-bond donors (Lipinski definition) is 0. The predicted molar refractivity (Wildman–Crippen MR) is 159 cm³/mol. The Balaban J connectivity index is 1.15. The molecule has 4 aromatic rings. The number of likely N-dealkylation sites (tertiary alicyclic amines) is 1. The molecule has 1 amide bonds. The Morgan fingerprint density at radius 3 is 2.50 bits per heavy atom. The summed E-state index contributed by atoms with van der Waals surface area (Å²) in [4.78, 5) is 18.9. The van der Waals surface area contributed by atoms with Crippen molar-refractivity contribution in [1.29, 1.82) is 0 Å². The highest BCUT2D eigenvalue weighted by Crippen LogP contribution is 2.31. The van der Waals surface area contributed by atoms with E-state index in [1.54, 1.807) is 16.2 Å². The summed E-state index contributed by atoms with van der Waals surface area (Å²) in [7, 11) is 2.10. The SMILES string of the molecule is CCCc1cnc(-c2cc3sccc3n2C)n1CCOc1ccc(OC2CCN(C(=O)OC(C)(C)C)CC2)cc1. The Morgan fingerprint density at radius 1 is 1.10 bits per heavy atom. The molecule has 1 aliphatic rings. The minimum absolute atomic E-state index is 0.0786. The maximum absolute atomic E-state index is 12.3. The van der Waals surface area contributed by atoms with E-state index in [-0.39, 0.29) is 12.2 Å². The minimum Gasteiger partial charge on any atom is -0.492 e. The van der Waals surface area contributed by atoms with Gasteiger partial charge in [-0.1, -0.05) is 13.3 Å². The van der Waals surface area contributed by atoms with Gasteiger partial charge < -0.3 is 28.2 Å². The Kier molecular flexibility index (Phi) is 8.40. The molecule has 4 heterocycles. The number of aryl methyl sites for hydroxylation is 2. The topological polar surface area (TPSA) is 70.8 Å². The second-order valence-electron chi connectivity index (χ2n) is 11.3. The smallest absolute Gasteiger partial charge is 0.410 e. The van der Waals surface area contributed by atoms with Gasteiger partial charge in [-0.2, -0.15) is 0 Å². The summed E-state index contributed by atoms with van der Waals surface area (Å²) in [5.74, 6) is 2.61. The van der Waals surface area contributed by atoms with Crippen LogP contribution in [-0.2, 0) is 24.8 Å². The number of ether oxygens (including phenoxy) is 3. The third kappa shape index (κ3) is 6.46. The average molecular weight is 565 g/mol. The van der Waals surface area contributed by atoms with Crippen molar-refractivity contribution in [2.24, 2.45) is 7.05 Å². The van der Waals surface area contributed by atoms with E-state index >= 15 is 0 Å². The predicted octanol–water partition coefficient (Wildman–Crippen LogP) is 6.91. The lowest BCUT2D eigenvalue weighted by Crippen LogP contribution is -2.44. The molecule has 0 spiro atoms. The molecule has 214 valence electrons. The molecule has 0 atom stereocenters. The number of aromatic nitrogens is 3. The van der Waals surface area contributed by atoms with Crippen LogP contribution in [0.4, 0.5) is 4.79 Å². The highest BCUT2D eigenvalue weighted by molar-refractivity contribution is 7.17. The summed E-state index contributed by atoms with van der Waals surface area (Å²) in [5, 5.41) is 2.13. The molecule has 8 nitrogen and oxygen atoms in total. The lowest BCUT2D eigenvalue weighted by molar-refractivity contribution is 0.0126. The first-order valence-electron chi connectivity index (χ1n) is 14.2. The molecule has 3 aromatic heterocycles. The van der Waals surface area contributed by atoms with Gasteiger partial charge in [0.2, 0.25) is 0 Å². The zero-order valence-electron chi connectivity index (χ0n) is 24.2. The molecular formula is C31H40N4O4S. The molecule has 1 fully saturated rings. The number of benzene rings is 1. The molecule has 9 heteroatoms. The van der Waals surface area contributed by atoms with Crippen molar-refractivity contribution in [2.45, 2.75) is 71.6 Å². The quantitative estimate of drug-likeness (QED) is 0.221. The third-order valence-electron chi connectivity index (χ3n) is 7.14. The third-order valence-corrected chi connectivity index (χ3v) is 7.99. The van der Waals surface area contributed by atoms with Crippen LogP contribution in [0.2, 0.25) is 0 Å². The standard InChI is InChI=1S/C31H40N4O4S/c1-6-7-22-21-32-29(27-20-28-26(33(27)5)14-19-40-28)35(22)17-18-37-23-8-10-24(11-9-23)38-25-12-15-34(16-13-25)30(36)39-31(2,3)4/h8-11,14,19-21,25H,6-7,12-13,15-18H2,1-5H3. The molecule has 0 aliphatic carbocycles. The molecule has 0 N–H and O–H groups in total. The summed E-state index contributed by atoms with van der Waals surface area (Å²) in [6.45, 7) is 10.4. The van der Waals surface area contributed by atoms with Crippen molar-refractivity contribution in [2.75, 3.05) is 19.7 Å². The van der Waals surface area contributed by atoms with Crippen molar-refractivity contribution >= 4 is 27.6 Å². The molecule has 0 bridgehead atoms. The molecule has 0 unspecified atom stereocenters.